The minimum atomic E-state index is 0.346. The van der Waals surface area contributed by atoms with Gasteiger partial charge in [-0.25, -0.2) is 0 Å². The molecule has 0 aromatic heterocycles. The van der Waals surface area contributed by atoms with Gasteiger partial charge in [-0.3, -0.25) is 0 Å². The molecule has 0 N–H and O–H groups in total. The van der Waals surface area contributed by atoms with Crippen molar-refractivity contribution in [3.63, 3.8) is 0 Å². The fraction of sp³-hybridized carbons (Fsp3) is 0.917. The predicted octanol–water partition coefficient (Wildman–Crippen LogP) is 5.37. The van der Waals surface area contributed by atoms with Gasteiger partial charge >= 0.3 is 189 Å². The second-order valence-corrected chi connectivity index (χ2v) is 12.6. The van der Waals surface area contributed by atoms with Crippen LogP contribution < -0.4 is 0 Å². The van der Waals surface area contributed by atoms with Crippen LogP contribution in [0.15, 0.2) is 9.98 Å². The first-order valence-electron chi connectivity index (χ1n) is 12.1. The van der Waals surface area contributed by atoms with E-state index < -0.39 is 0 Å². The molecule has 0 aromatic carbocycles. The van der Waals surface area contributed by atoms with Crippen LogP contribution in [0.3, 0.4) is 0 Å². The molecule has 0 aliphatic heterocycles. The zero-order valence-electron chi connectivity index (χ0n) is 17.3. The van der Waals surface area contributed by atoms with Crippen molar-refractivity contribution < 1.29 is 0 Å². The Morgan fingerprint density at radius 2 is 1.00 bits per heavy atom. The average molecular weight is 510 g/mol. The van der Waals surface area contributed by atoms with E-state index in [0.717, 1.165) is 11.8 Å². The quantitative estimate of drug-likeness (QED) is 0.359. The molecule has 6 rings (SSSR count). The van der Waals surface area contributed by atoms with Gasteiger partial charge in [-0.2, -0.15) is 0 Å². The monoisotopic (exact) mass is 512 g/mol. The Hall–Kier alpha value is 0.379. The fourth-order valence-corrected chi connectivity index (χ4v) is 9.42. The van der Waals surface area contributed by atoms with Crippen LogP contribution in [0.25, 0.3) is 0 Å². The van der Waals surface area contributed by atoms with Crippen molar-refractivity contribution in [1.29, 1.82) is 0 Å². The van der Waals surface area contributed by atoms with Crippen LogP contribution >= 0.6 is 0 Å². The molecule has 0 saturated heterocycles. The van der Waals surface area contributed by atoms with E-state index >= 15 is 0 Å². The second-order valence-electron chi connectivity index (χ2n) is 11.0. The summed E-state index contributed by atoms with van der Waals surface area (Å²) < 4.78 is 2.81. The summed E-state index contributed by atoms with van der Waals surface area (Å²) in [5, 5.41) is 0. The van der Waals surface area contributed by atoms with Crippen molar-refractivity contribution in [3.8, 4) is 0 Å². The van der Waals surface area contributed by atoms with Crippen molar-refractivity contribution in [2.24, 2.45) is 32.7 Å². The molecule has 6 saturated carbocycles. The third-order valence-electron chi connectivity index (χ3n) is 8.72. The molecule has 0 atom stereocenters. The first-order chi connectivity index (χ1) is 13.6. The Morgan fingerprint density at radius 1 is 0.607 bits per heavy atom. The Bertz CT molecular complexity index is 577. The standard InChI is InChI=1S/C24H36N2Se2/c27-21(25-19-7-3-1-4-8-19)23-12-17-11-18(13-23)15-24(14-17,16-23)22(28)26-20-9-5-2-6-10-20/h17-20H,1-16H2. The molecule has 0 spiro atoms. The molecule has 4 heteroatoms. The number of rotatable bonds is 4. The molecule has 2 nitrogen and oxygen atoms in total. The van der Waals surface area contributed by atoms with Crippen LogP contribution in [-0.4, -0.2) is 53.3 Å². The summed E-state index contributed by atoms with van der Waals surface area (Å²) in [6.45, 7) is 0. The van der Waals surface area contributed by atoms with Gasteiger partial charge < -0.3 is 0 Å². The molecule has 4 bridgehead atoms. The van der Waals surface area contributed by atoms with Crippen LogP contribution in [0.4, 0.5) is 0 Å². The zero-order chi connectivity index (χ0) is 19.2. The number of hydrogen-bond acceptors (Lipinski definition) is 2. The van der Waals surface area contributed by atoms with E-state index in [1.165, 1.54) is 112 Å². The van der Waals surface area contributed by atoms with Crippen molar-refractivity contribution in [2.45, 2.75) is 115 Å². The van der Waals surface area contributed by atoms with Crippen molar-refractivity contribution in [3.05, 3.63) is 0 Å². The molecule has 6 fully saturated rings. The van der Waals surface area contributed by atoms with Crippen LogP contribution in [0.5, 0.6) is 0 Å². The van der Waals surface area contributed by atoms with Gasteiger partial charge in [-0.15, -0.1) is 0 Å². The van der Waals surface area contributed by atoms with Crippen molar-refractivity contribution in [2.75, 3.05) is 0 Å². The van der Waals surface area contributed by atoms with Gasteiger partial charge in [-0.1, -0.05) is 0 Å². The second kappa shape index (κ2) is 8.14. The van der Waals surface area contributed by atoms with Gasteiger partial charge in [0, 0.05) is 0 Å². The topological polar surface area (TPSA) is 24.7 Å². The van der Waals surface area contributed by atoms with Gasteiger partial charge in [0.2, 0.25) is 0 Å². The zero-order valence-corrected chi connectivity index (χ0v) is 20.8. The van der Waals surface area contributed by atoms with Gasteiger partial charge in [0.25, 0.3) is 0 Å². The van der Waals surface area contributed by atoms with Gasteiger partial charge in [-0.05, 0) is 0 Å². The van der Waals surface area contributed by atoms with Crippen LogP contribution in [-0.2, 0) is 0 Å². The molecule has 0 unspecified atom stereocenters. The van der Waals surface area contributed by atoms with E-state index in [2.05, 4.69) is 32.0 Å². The van der Waals surface area contributed by atoms with Crippen LogP contribution in [0, 0.1) is 22.7 Å². The molecular weight excluding hydrogens is 474 g/mol. The summed E-state index contributed by atoms with van der Waals surface area (Å²) in [6.07, 6.45) is 22.0. The van der Waals surface area contributed by atoms with Crippen LogP contribution in [0.1, 0.15) is 103 Å². The maximum absolute atomic E-state index is 5.34. The summed E-state index contributed by atoms with van der Waals surface area (Å²) in [5.74, 6) is 1.80. The van der Waals surface area contributed by atoms with E-state index in [0.29, 0.717) is 22.9 Å². The molecule has 0 amide bonds. The van der Waals surface area contributed by atoms with Gasteiger partial charge in [0.05, 0.1) is 0 Å². The SMILES string of the molecule is [Se]C(=NC1CCCCC1)C12CC3CC(C1)CC(C([Se])=NC1CCCCC1)(C3)C2. The van der Waals surface area contributed by atoms with E-state index in [1.807, 2.05) is 0 Å². The third-order valence-corrected chi connectivity index (χ3v) is 11.0. The number of hydrogen-bond donors (Lipinski definition) is 0. The molecule has 0 heterocycles. The minimum absolute atomic E-state index is 0.346. The molecule has 2 radical (unpaired) electrons. The Morgan fingerprint density at radius 3 is 1.39 bits per heavy atom. The summed E-state index contributed by atoms with van der Waals surface area (Å²) in [7, 11) is 0. The van der Waals surface area contributed by atoms with Gasteiger partial charge in [0.1, 0.15) is 0 Å². The summed E-state index contributed by atoms with van der Waals surface area (Å²) in [5.41, 5.74) is 0.692. The Labute approximate surface area is 188 Å². The first kappa shape index (κ1) is 20.3. The molecule has 28 heavy (non-hydrogen) atoms. The first-order valence-corrected chi connectivity index (χ1v) is 13.8. The molecular formula is C24H36N2Se2. The molecule has 0 aromatic rings. The van der Waals surface area contributed by atoms with Crippen molar-refractivity contribution in [1.82, 2.24) is 0 Å². The number of aliphatic imine (C=N–C) groups is 2. The fourth-order valence-electron chi connectivity index (χ4n) is 7.79. The summed E-state index contributed by atoms with van der Waals surface area (Å²) >= 11 is 7.04. The summed E-state index contributed by atoms with van der Waals surface area (Å²) in [6, 6.07) is 1.19. The normalized spacial score (nSPS) is 42.9. The maximum atomic E-state index is 5.34. The van der Waals surface area contributed by atoms with E-state index in [-0.39, 0.29) is 0 Å². The number of nitrogens with zero attached hydrogens (tertiary/aromatic N) is 2. The van der Waals surface area contributed by atoms with Crippen molar-refractivity contribution >= 4 is 41.2 Å². The van der Waals surface area contributed by atoms with Crippen LogP contribution in [0.2, 0.25) is 0 Å². The molecule has 6 aliphatic rings. The van der Waals surface area contributed by atoms with E-state index in [4.69, 9.17) is 9.98 Å². The molecule has 154 valence electrons. The predicted molar refractivity (Wildman–Crippen MR) is 120 cm³/mol. The van der Waals surface area contributed by atoms with E-state index in [1.54, 1.807) is 0 Å². The van der Waals surface area contributed by atoms with Gasteiger partial charge in [0.15, 0.2) is 0 Å². The Balaban J connectivity index is 1.40. The van der Waals surface area contributed by atoms with E-state index in [9.17, 15) is 0 Å². The third kappa shape index (κ3) is 3.86. The molecule has 6 aliphatic carbocycles. The average Bonchev–Trinajstić information content (AvgIpc) is 2.68. The Kier molecular flexibility index (Phi) is 5.90. The summed E-state index contributed by atoms with van der Waals surface area (Å²) in [4.78, 5) is 10.7.